The van der Waals surface area contributed by atoms with E-state index >= 15 is 0 Å². The molecule has 0 aliphatic carbocycles. The molecule has 1 unspecified atom stereocenters. The number of Topliss-reactive ketones (excluding diaryl/α,β-unsaturated/α-hetero) is 1. The highest BCUT2D eigenvalue weighted by atomic mass is 16.3. The molecule has 3 nitrogen and oxygen atoms in total. The van der Waals surface area contributed by atoms with E-state index in [1.807, 2.05) is 0 Å². The number of aliphatic hydroxyl groups excluding tert-OH is 1. The molecule has 3 N–H and O–H groups in total. The second-order valence-corrected chi connectivity index (χ2v) is 6.24. The van der Waals surface area contributed by atoms with E-state index in [4.69, 9.17) is 10.8 Å². The van der Waals surface area contributed by atoms with Gasteiger partial charge in [-0.15, -0.1) is 0 Å². The van der Waals surface area contributed by atoms with E-state index in [1.54, 1.807) is 0 Å². The van der Waals surface area contributed by atoms with Gasteiger partial charge in [-0.25, -0.2) is 0 Å². The van der Waals surface area contributed by atoms with Gasteiger partial charge in [0, 0.05) is 6.42 Å². The molecule has 0 aromatic carbocycles. The molecule has 0 aliphatic rings. The molecule has 0 radical (unpaired) electrons. The van der Waals surface area contributed by atoms with Gasteiger partial charge in [0.1, 0.15) is 0 Å². The number of aliphatic hydroxyl groups is 1. The molecule has 0 aliphatic heterocycles. The molecule has 0 heterocycles. The molecule has 3 heteroatoms. The molecule has 0 aromatic heterocycles. The van der Waals surface area contributed by atoms with Crippen LogP contribution < -0.4 is 5.73 Å². The maximum Gasteiger partial charge on any atom is 0.151 e. The summed E-state index contributed by atoms with van der Waals surface area (Å²) in [4.78, 5) is 11.4. The molecule has 134 valence electrons. The molecule has 0 amide bonds. The van der Waals surface area contributed by atoms with Gasteiger partial charge in [0.05, 0.1) is 12.6 Å². The SMILES string of the molecule is CCCCCC=CCC=CCCCCCCCC(=O)C(N)CO. The van der Waals surface area contributed by atoms with Gasteiger partial charge in [0.25, 0.3) is 0 Å². The van der Waals surface area contributed by atoms with Crippen LogP contribution in [-0.2, 0) is 4.79 Å². The van der Waals surface area contributed by atoms with E-state index in [0.29, 0.717) is 6.42 Å². The molecule has 0 fully saturated rings. The van der Waals surface area contributed by atoms with Crippen LogP contribution in [0.15, 0.2) is 24.3 Å². The maximum atomic E-state index is 11.4. The normalized spacial score (nSPS) is 13.2. The summed E-state index contributed by atoms with van der Waals surface area (Å²) >= 11 is 0. The average Bonchev–Trinajstić information content (AvgIpc) is 2.57. The third-order valence-corrected chi connectivity index (χ3v) is 3.98. The van der Waals surface area contributed by atoms with Crippen LogP contribution in [0.1, 0.15) is 84.0 Å². The Morgan fingerprint density at radius 3 is 2.09 bits per heavy atom. The summed E-state index contributed by atoms with van der Waals surface area (Å²) in [5.41, 5.74) is 5.47. The van der Waals surface area contributed by atoms with Gasteiger partial charge in [0.2, 0.25) is 0 Å². The lowest BCUT2D eigenvalue weighted by Crippen LogP contribution is -2.33. The minimum absolute atomic E-state index is 0.0156. The molecule has 0 aromatic rings. The number of carbonyl (C=O) groups is 1. The Morgan fingerprint density at radius 2 is 1.48 bits per heavy atom. The Kier molecular flexibility index (Phi) is 16.7. The number of hydrogen-bond acceptors (Lipinski definition) is 3. The van der Waals surface area contributed by atoms with Crippen LogP contribution in [0, 0.1) is 0 Å². The van der Waals surface area contributed by atoms with Crippen molar-refractivity contribution < 1.29 is 9.90 Å². The maximum absolute atomic E-state index is 11.4. The largest absolute Gasteiger partial charge is 0.394 e. The third kappa shape index (κ3) is 15.7. The lowest BCUT2D eigenvalue weighted by molar-refractivity contribution is -0.121. The van der Waals surface area contributed by atoms with Gasteiger partial charge in [0.15, 0.2) is 5.78 Å². The van der Waals surface area contributed by atoms with Crippen LogP contribution in [0.3, 0.4) is 0 Å². The number of rotatable bonds is 16. The Labute approximate surface area is 143 Å². The first-order valence-corrected chi connectivity index (χ1v) is 9.41. The van der Waals surface area contributed by atoms with Gasteiger partial charge >= 0.3 is 0 Å². The molecular weight excluding hydrogens is 286 g/mol. The third-order valence-electron chi connectivity index (χ3n) is 3.98. The first kappa shape index (κ1) is 22.1. The van der Waals surface area contributed by atoms with Crippen LogP contribution in [0.5, 0.6) is 0 Å². The first-order valence-electron chi connectivity index (χ1n) is 9.41. The average molecular weight is 324 g/mol. The predicted molar refractivity (Wildman–Crippen MR) is 99.4 cm³/mol. The van der Waals surface area contributed by atoms with Crippen molar-refractivity contribution in [2.45, 2.75) is 90.0 Å². The Hall–Kier alpha value is -0.930. The zero-order valence-electron chi connectivity index (χ0n) is 15.0. The van der Waals surface area contributed by atoms with Gasteiger partial charge in [-0.05, 0) is 38.5 Å². The molecule has 0 saturated heterocycles. The van der Waals surface area contributed by atoms with E-state index in [1.165, 1.54) is 44.9 Å². The van der Waals surface area contributed by atoms with E-state index in [-0.39, 0.29) is 12.4 Å². The number of ketones is 1. The minimum Gasteiger partial charge on any atom is -0.394 e. The quantitative estimate of drug-likeness (QED) is 0.320. The van der Waals surface area contributed by atoms with Crippen molar-refractivity contribution in [1.29, 1.82) is 0 Å². The number of allylic oxidation sites excluding steroid dienone is 4. The molecule has 0 spiro atoms. The van der Waals surface area contributed by atoms with Crippen molar-refractivity contribution in [3.05, 3.63) is 24.3 Å². The van der Waals surface area contributed by atoms with Gasteiger partial charge in [-0.2, -0.15) is 0 Å². The second-order valence-electron chi connectivity index (χ2n) is 6.24. The highest BCUT2D eigenvalue weighted by Gasteiger charge is 2.10. The number of carbonyl (C=O) groups excluding carboxylic acids is 1. The number of unbranched alkanes of at least 4 members (excludes halogenated alkanes) is 8. The lowest BCUT2D eigenvalue weighted by atomic mass is 10.0. The zero-order chi connectivity index (χ0) is 17.2. The summed E-state index contributed by atoms with van der Waals surface area (Å²) in [5, 5.41) is 8.77. The summed E-state index contributed by atoms with van der Waals surface area (Å²) in [6.07, 6.45) is 22.5. The topological polar surface area (TPSA) is 63.3 Å². The highest BCUT2D eigenvalue weighted by Crippen LogP contribution is 2.09. The van der Waals surface area contributed by atoms with Crippen molar-refractivity contribution in [3.63, 3.8) is 0 Å². The predicted octanol–water partition coefficient (Wildman–Crippen LogP) is 4.69. The van der Waals surface area contributed by atoms with Crippen molar-refractivity contribution >= 4 is 5.78 Å². The second kappa shape index (κ2) is 17.4. The minimum atomic E-state index is -0.680. The van der Waals surface area contributed by atoms with Gasteiger partial charge < -0.3 is 10.8 Å². The Morgan fingerprint density at radius 1 is 0.913 bits per heavy atom. The van der Waals surface area contributed by atoms with Crippen LogP contribution >= 0.6 is 0 Å². The number of nitrogens with two attached hydrogens (primary N) is 1. The molecule has 0 bridgehead atoms. The summed E-state index contributed by atoms with van der Waals surface area (Å²) < 4.78 is 0. The molecule has 23 heavy (non-hydrogen) atoms. The standard InChI is InChI=1S/C20H37NO2/c1-2-3-4-5-6-7-8-9-10-11-12-13-14-15-16-17-20(23)19(21)18-22/h6-7,9-10,19,22H,2-5,8,11-18,21H2,1H3. The van der Waals surface area contributed by atoms with Crippen molar-refractivity contribution in [3.8, 4) is 0 Å². The van der Waals surface area contributed by atoms with E-state index < -0.39 is 6.04 Å². The summed E-state index contributed by atoms with van der Waals surface area (Å²) in [7, 11) is 0. The fraction of sp³-hybridized carbons (Fsp3) is 0.750. The smallest absolute Gasteiger partial charge is 0.151 e. The van der Waals surface area contributed by atoms with Crippen LogP contribution in [0.4, 0.5) is 0 Å². The monoisotopic (exact) mass is 323 g/mol. The highest BCUT2D eigenvalue weighted by molar-refractivity contribution is 5.83. The summed E-state index contributed by atoms with van der Waals surface area (Å²) in [5.74, 6) is -0.0156. The Bertz CT molecular complexity index is 324. The van der Waals surface area contributed by atoms with Crippen LogP contribution in [0.2, 0.25) is 0 Å². The zero-order valence-corrected chi connectivity index (χ0v) is 15.0. The van der Waals surface area contributed by atoms with Crippen molar-refractivity contribution in [2.75, 3.05) is 6.61 Å². The fourth-order valence-corrected chi connectivity index (χ4v) is 2.40. The lowest BCUT2D eigenvalue weighted by Gasteiger charge is -2.06. The van der Waals surface area contributed by atoms with Gasteiger partial charge in [-0.3, -0.25) is 4.79 Å². The van der Waals surface area contributed by atoms with Crippen molar-refractivity contribution in [2.24, 2.45) is 5.73 Å². The molecule has 0 rings (SSSR count). The Balaban J connectivity index is 3.29. The molecule has 0 saturated carbocycles. The van der Waals surface area contributed by atoms with E-state index in [2.05, 4.69) is 31.2 Å². The van der Waals surface area contributed by atoms with Crippen LogP contribution in [0.25, 0.3) is 0 Å². The first-order chi connectivity index (χ1) is 11.2. The molecular formula is C20H37NO2. The number of hydrogen-bond donors (Lipinski definition) is 2. The molecule has 1 atom stereocenters. The van der Waals surface area contributed by atoms with Crippen molar-refractivity contribution in [1.82, 2.24) is 0 Å². The summed E-state index contributed by atoms with van der Waals surface area (Å²) in [6, 6.07) is -0.680. The van der Waals surface area contributed by atoms with Gasteiger partial charge in [-0.1, -0.05) is 63.3 Å². The van der Waals surface area contributed by atoms with E-state index in [9.17, 15) is 4.79 Å². The fourth-order valence-electron chi connectivity index (χ4n) is 2.40. The van der Waals surface area contributed by atoms with Crippen LogP contribution in [-0.4, -0.2) is 23.5 Å². The van der Waals surface area contributed by atoms with E-state index in [0.717, 1.165) is 25.7 Å². The summed E-state index contributed by atoms with van der Waals surface area (Å²) in [6.45, 7) is 2.00.